The minimum absolute atomic E-state index is 0.0593. The van der Waals surface area contributed by atoms with Crippen LogP contribution in [0.1, 0.15) is 31.2 Å². The first-order valence-corrected chi connectivity index (χ1v) is 6.27. The molecule has 0 unspecified atom stereocenters. The highest BCUT2D eigenvalue weighted by molar-refractivity contribution is 5.93. The van der Waals surface area contributed by atoms with E-state index in [-0.39, 0.29) is 18.2 Å². The van der Waals surface area contributed by atoms with E-state index in [1.165, 1.54) is 0 Å². The number of amides is 1. The van der Waals surface area contributed by atoms with E-state index in [1.807, 2.05) is 24.3 Å². The molecule has 0 heterocycles. The van der Waals surface area contributed by atoms with E-state index in [9.17, 15) is 9.59 Å². The van der Waals surface area contributed by atoms with Crippen molar-refractivity contribution in [2.45, 2.75) is 32.1 Å². The molecule has 0 bridgehead atoms. The molecule has 2 rings (SSSR count). The summed E-state index contributed by atoms with van der Waals surface area (Å²) in [5.74, 6) is -0.628. The van der Waals surface area contributed by atoms with E-state index < -0.39 is 5.97 Å². The van der Waals surface area contributed by atoms with Gasteiger partial charge in [0, 0.05) is 18.0 Å². The van der Waals surface area contributed by atoms with Crippen molar-refractivity contribution in [1.29, 1.82) is 0 Å². The average molecular weight is 247 g/mol. The molecule has 1 aliphatic rings. The number of benzene rings is 1. The Morgan fingerprint density at radius 2 is 2.00 bits per heavy atom. The zero-order valence-electron chi connectivity index (χ0n) is 10.2. The summed E-state index contributed by atoms with van der Waals surface area (Å²) in [6.45, 7) is 0. The monoisotopic (exact) mass is 247 g/mol. The SMILES string of the molecule is O=C(O)CCc1ccccc1NC(=O)C1CCC1. The van der Waals surface area contributed by atoms with Gasteiger partial charge in [-0.3, -0.25) is 9.59 Å². The van der Waals surface area contributed by atoms with E-state index in [1.54, 1.807) is 0 Å². The van der Waals surface area contributed by atoms with Gasteiger partial charge >= 0.3 is 5.97 Å². The summed E-state index contributed by atoms with van der Waals surface area (Å²) in [7, 11) is 0. The van der Waals surface area contributed by atoms with Crippen LogP contribution < -0.4 is 5.32 Å². The van der Waals surface area contributed by atoms with Crippen molar-refractivity contribution < 1.29 is 14.7 Å². The molecule has 4 heteroatoms. The van der Waals surface area contributed by atoms with Crippen LogP contribution in [0.5, 0.6) is 0 Å². The summed E-state index contributed by atoms with van der Waals surface area (Å²) < 4.78 is 0. The van der Waals surface area contributed by atoms with Crippen LogP contribution in [0, 0.1) is 5.92 Å². The molecule has 1 fully saturated rings. The normalized spacial score (nSPS) is 14.9. The lowest BCUT2D eigenvalue weighted by molar-refractivity contribution is -0.137. The van der Waals surface area contributed by atoms with Crippen molar-refractivity contribution in [3.05, 3.63) is 29.8 Å². The number of hydrogen-bond acceptors (Lipinski definition) is 2. The van der Waals surface area contributed by atoms with Crippen LogP contribution in [0.2, 0.25) is 0 Å². The lowest BCUT2D eigenvalue weighted by atomic mass is 9.84. The molecule has 2 N–H and O–H groups in total. The Bertz CT molecular complexity index is 452. The van der Waals surface area contributed by atoms with Gasteiger partial charge in [-0.1, -0.05) is 24.6 Å². The molecule has 1 amide bonds. The molecule has 0 aliphatic heterocycles. The van der Waals surface area contributed by atoms with E-state index in [0.29, 0.717) is 6.42 Å². The molecule has 96 valence electrons. The number of rotatable bonds is 5. The lowest BCUT2D eigenvalue weighted by Crippen LogP contribution is -2.28. The van der Waals surface area contributed by atoms with Gasteiger partial charge in [0.05, 0.1) is 0 Å². The molecule has 0 spiro atoms. The van der Waals surface area contributed by atoms with Crippen molar-refractivity contribution in [2.24, 2.45) is 5.92 Å². The summed E-state index contributed by atoms with van der Waals surface area (Å²) in [6, 6.07) is 7.39. The molecule has 1 saturated carbocycles. The van der Waals surface area contributed by atoms with Crippen LogP contribution in [-0.4, -0.2) is 17.0 Å². The molecular formula is C14H17NO3. The Labute approximate surface area is 106 Å². The fraction of sp³-hybridized carbons (Fsp3) is 0.429. The number of carbonyl (C=O) groups is 2. The molecule has 18 heavy (non-hydrogen) atoms. The number of carboxylic acid groups (broad SMARTS) is 1. The van der Waals surface area contributed by atoms with E-state index >= 15 is 0 Å². The lowest BCUT2D eigenvalue weighted by Gasteiger charge is -2.24. The smallest absolute Gasteiger partial charge is 0.303 e. The maximum Gasteiger partial charge on any atom is 0.303 e. The second kappa shape index (κ2) is 5.67. The Kier molecular flexibility index (Phi) is 3.97. The molecule has 4 nitrogen and oxygen atoms in total. The molecular weight excluding hydrogens is 230 g/mol. The fourth-order valence-corrected chi connectivity index (χ4v) is 2.01. The van der Waals surface area contributed by atoms with Crippen LogP contribution in [-0.2, 0) is 16.0 Å². The number of aliphatic carboxylic acids is 1. The highest BCUT2D eigenvalue weighted by Gasteiger charge is 2.25. The zero-order chi connectivity index (χ0) is 13.0. The third-order valence-corrected chi connectivity index (χ3v) is 3.36. The molecule has 1 aliphatic carbocycles. The van der Waals surface area contributed by atoms with Gasteiger partial charge in [0.2, 0.25) is 5.91 Å². The third-order valence-electron chi connectivity index (χ3n) is 3.36. The highest BCUT2D eigenvalue weighted by Crippen LogP contribution is 2.28. The Morgan fingerprint density at radius 1 is 1.28 bits per heavy atom. The Hall–Kier alpha value is -1.84. The number of carbonyl (C=O) groups excluding carboxylic acids is 1. The molecule has 0 atom stereocenters. The first-order chi connectivity index (χ1) is 8.66. The minimum atomic E-state index is -0.824. The first kappa shape index (κ1) is 12.6. The van der Waals surface area contributed by atoms with Crippen LogP contribution in [0.4, 0.5) is 5.69 Å². The van der Waals surface area contributed by atoms with Crippen molar-refractivity contribution in [1.82, 2.24) is 0 Å². The summed E-state index contributed by atoms with van der Waals surface area (Å²) in [6.07, 6.45) is 3.57. The average Bonchev–Trinajstić information content (AvgIpc) is 2.25. The predicted molar refractivity (Wildman–Crippen MR) is 68.4 cm³/mol. The van der Waals surface area contributed by atoms with Crippen molar-refractivity contribution in [2.75, 3.05) is 5.32 Å². The number of nitrogens with one attached hydrogen (secondary N) is 1. The quantitative estimate of drug-likeness (QED) is 0.839. The minimum Gasteiger partial charge on any atom is -0.481 e. The van der Waals surface area contributed by atoms with Gasteiger partial charge in [-0.15, -0.1) is 0 Å². The number of anilines is 1. The number of para-hydroxylation sites is 1. The zero-order valence-corrected chi connectivity index (χ0v) is 10.2. The van der Waals surface area contributed by atoms with E-state index in [4.69, 9.17) is 5.11 Å². The van der Waals surface area contributed by atoms with Gasteiger partial charge in [-0.05, 0) is 30.9 Å². The molecule has 0 saturated heterocycles. The summed E-state index contributed by atoms with van der Waals surface area (Å²) >= 11 is 0. The molecule has 0 aromatic heterocycles. The van der Waals surface area contributed by atoms with E-state index in [0.717, 1.165) is 30.5 Å². The molecule has 1 aromatic carbocycles. The van der Waals surface area contributed by atoms with Gasteiger partial charge in [-0.25, -0.2) is 0 Å². The summed E-state index contributed by atoms with van der Waals surface area (Å²) in [5, 5.41) is 11.6. The number of carboxylic acids is 1. The Morgan fingerprint density at radius 3 is 2.61 bits per heavy atom. The van der Waals surface area contributed by atoms with Crippen molar-refractivity contribution >= 4 is 17.6 Å². The topological polar surface area (TPSA) is 66.4 Å². The number of aryl methyl sites for hydroxylation is 1. The first-order valence-electron chi connectivity index (χ1n) is 6.27. The second-order valence-corrected chi connectivity index (χ2v) is 4.67. The van der Waals surface area contributed by atoms with Gasteiger partial charge in [-0.2, -0.15) is 0 Å². The fourth-order valence-electron chi connectivity index (χ4n) is 2.01. The van der Waals surface area contributed by atoms with Crippen LogP contribution in [0.25, 0.3) is 0 Å². The van der Waals surface area contributed by atoms with Crippen molar-refractivity contribution in [3.8, 4) is 0 Å². The second-order valence-electron chi connectivity index (χ2n) is 4.67. The van der Waals surface area contributed by atoms with Crippen LogP contribution in [0.3, 0.4) is 0 Å². The van der Waals surface area contributed by atoms with Gasteiger partial charge in [0.1, 0.15) is 0 Å². The molecule has 0 radical (unpaired) electrons. The van der Waals surface area contributed by atoms with Crippen molar-refractivity contribution in [3.63, 3.8) is 0 Å². The largest absolute Gasteiger partial charge is 0.481 e. The maximum absolute atomic E-state index is 11.9. The summed E-state index contributed by atoms with van der Waals surface area (Å²) in [5.41, 5.74) is 1.63. The Balaban J connectivity index is 2.01. The third kappa shape index (κ3) is 3.09. The highest BCUT2D eigenvalue weighted by atomic mass is 16.4. The van der Waals surface area contributed by atoms with E-state index in [2.05, 4.69) is 5.32 Å². The predicted octanol–water partition coefficient (Wildman–Crippen LogP) is 2.44. The molecule has 1 aromatic rings. The van der Waals surface area contributed by atoms with Gasteiger partial charge < -0.3 is 10.4 Å². The van der Waals surface area contributed by atoms with Crippen LogP contribution in [0.15, 0.2) is 24.3 Å². The standard InChI is InChI=1S/C14H17NO3/c16-13(17)9-8-10-4-1-2-7-12(10)15-14(18)11-5-3-6-11/h1-2,4,7,11H,3,5-6,8-9H2,(H,15,18)(H,16,17). The maximum atomic E-state index is 11.9. The van der Waals surface area contributed by atoms with Gasteiger partial charge in [0.15, 0.2) is 0 Å². The number of hydrogen-bond donors (Lipinski definition) is 2. The van der Waals surface area contributed by atoms with Crippen LogP contribution >= 0.6 is 0 Å². The van der Waals surface area contributed by atoms with Gasteiger partial charge in [0.25, 0.3) is 0 Å². The summed E-state index contributed by atoms with van der Waals surface area (Å²) in [4.78, 5) is 22.4.